The van der Waals surface area contributed by atoms with Crippen LogP contribution >= 0.6 is 0 Å². The average molecular weight is 298 g/mol. The Balaban J connectivity index is 1.67. The van der Waals surface area contributed by atoms with Gasteiger partial charge >= 0.3 is 0 Å². The van der Waals surface area contributed by atoms with Crippen LogP contribution in [-0.2, 0) is 4.74 Å². The van der Waals surface area contributed by atoms with Crippen molar-refractivity contribution < 1.29 is 14.9 Å². The highest BCUT2D eigenvalue weighted by Gasteiger charge is 2.34. The van der Waals surface area contributed by atoms with E-state index in [0.29, 0.717) is 6.42 Å². The molecule has 5 heteroatoms. The molecule has 1 heterocycles. The van der Waals surface area contributed by atoms with E-state index in [2.05, 4.69) is 10.2 Å². The Morgan fingerprint density at radius 1 is 0.955 bits per heavy atom. The summed E-state index contributed by atoms with van der Waals surface area (Å²) in [5.41, 5.74) is 2.53. The van der Waals surface area contributed by atoms with Crippen molar-refractivity contribution in [2.75, 3.05) is 6.61 Å². The second kappa shape index (κ2) is 6.79. The van der Waals surface area contributed by atoms with E-state index in [1.807, 2.05) is 54.6 Å². The topological polar surface area (TPSA) is 74.4 Å². The average Bonchev–Trinajstić information content (AvgIpc) is 2.95. The molecule has 3 atom stereocenters. The van der Waals surface area contributed by atoms with E-state index in [4.69, 9.17) is 9.84 Å². The van der Waals surface area contributed by atoms with Gasteiger partial charge in [-0.3, -0.25) is 0 Å². The summed E-state index contributed by atoms with van der Waals surface area (Å²) in [7, 11) is 0. The molecule has 0 radical (unpaired) electrons. The van der Waals surface area contributed by atoms with Crippen molar-refractivity contribution in [3.63, 3.8) is 0 Å². The van der Waals surface area contributed by atoms with E-state index in [1.54, 1.807) is 0 Å². The zero-order valence-corrected chi connectivity index (χ0v) is 12.0. The van der Waals surface area contributed by atoms with Crippen LogP contribution in [0.25, 0.3) is 0 Å². The minimum absolute atomic E-state index is 0.166. The van der Waals surface area contributed by atoms with Gasteiger partial charge in [0.1, 0.15) is 6.10 Å². The van der Waals surface area contributed by atoms with Crippen LogP contribution in [0.2, 0.25) is 0 Å². The number of hydrogen-bond acceptors (Lipinski definition) is 5. The molecule has 2 aromatic carbocycles. The standard InChI is InChI=1S/C17H18N2O3/c20-11-17-15(21)10-16(22-17)12-6-8-14(9-7-12)19-18-13-4-2-1-3-5-13/h1-9,15-17,20-21H,10-11H2. The zero-order chi connectivity index (χ0) is 15.4. The Morgan fingerprint density at radius 2 is 1.59 bits per heavy atom. The van der Waals surface area contributed by atoms with Gasteiger partial charge in [0.2, 0.25) is 0 Å². The third-order valence-corrected chi connectivity index (χ3v) is 3.71. The van der Waals surface area contributed by atoms with Crippen LogP contribution in [-0.4, -0.2) is 29.0 Å². The number of rotatable bonds is 4. The van der Waals surface area contributed by atoms with E-state index in [0.717, 1.165) is 16.9 Å². The van der Waals surface area contributed by atoms with Gasteiger partial charge in [-0.2, -0.15) is 10.2 Å². The molecule has 114 valence electrons. The smallest absolute Gasteiger partial charge is 0.107 e. The zero-order valence-electron chi connectivity index (χ0n) is 12.0. The lowest BCUT2D eigenvalue weighted by atomic mass is 10.0. The summed E-state index contributed by atoms with van der Waals surface area (Å²) < 4.78 is 5.62. The quantitative estimate of drug-likeness (QED) is 0.851. The summed E-state index contributed by atoms with van der Waals surface area (Å²) in [5, 5.41) is 27.2. The minimum atomic E-state index is -0.618. The van der Waals surface area contributed by atoms with Crippen LogP contribution in [0.5, 0.6) is 0 Å². The lowest BCUT2D eigenvalue weighted by Gasteiger charge is -2.12. The molecule has 1 saturated heterocycles. The number of aliphatic hydroxyl groups excluding tert-OH is 2. The summed E-state index contributed by atoms with van der Waals surface area (Å²) in [6.07, 6.45) is -0.807. The first-order valence-corrected chi connectivity index (χ1v) is 7.27. The predicted molar refractivity (Wildman–Crippen MR) is 82.4 cm³/mol. The van der Waals surface area contributed by atoms with Crippen molar-refractivity contribution in [3.8, 4) is 0 Å². The molecule has 22 heavy (non-hydrogen) atoms. The molecule has 2 N–H and O–H groups in total. The van der Waals surface area contributed by atoms with Crippen LogP contribution in [0.4, 0.5) is 11.4 Å². The molecule has 0 bridgehead atoms. The Labute approximate surface area is 128 Å². The lowest BCUT2D eigenvalue weighted by Crippen LogP contribution is -2.24. The summed E-state index contributed by atoms with van der Waals surface area (Å²) in [5.74, 6) is 0. The van der Waals surface area contributed by atoms with Gasteiger partial charge in [-0.15, -0.1) is 0 Å². The Kier molecular flexibility index (Phi) is 4.58. The van der Waals surface area contributed by atoms with Crippen molar-refractivity contribution in [1.82, 2.24) is 0 Å². The van der Waals surface area contributed by atoms with Crippen molar-refractivity contribution in [2.24, 2.45) is 10.2 Å². The van der Waals surface area contributed by atoms with Crippen LogP contribution in [0.3, 0.4) is 0 Å². The fraction of sp³-hybridized carbons (Fsp3) is 0.294. The van der Waals surface area contributed by atoms with Gasteiger partial charge in [-0.25, -0.2) is 0 Å². The van der Waals surface area contributed by atoms with Crippen LogP contribution in [0.1, 0.15) is 18.1 Å². The molecule has 3 rings (SSSR count). The summed E-state index contributed by atoms with van der Waals surface area (Å²) >= 11 is 0. The molecule has 0 spiro atoms. The van der Waals surface area contributed by atoms with E-state index in [1.165, 1.54) is 0 Å². The SMILES string of the molecule is OCC1OC(c2ccc(N=Nc3ccccc3)cc2)CC1O. The van der Waals surface area contributed by atoms with E-state index >= 15 is 0 Å². The third-order valence-electron chi connectivity index (χ3n) is 3.71. The van der Waals surface area contributed by atoms with Gasteiger partial charge in [0.15, 0.2) is 0 Å². The molecule has 0 saturated carbocycles. The number of aliphatic hydroxyl groups is 2. The Hall–Kier alpha value is -2.08. The largest absolute Gasteiger partial charge is 0.394 e. The highest BCUT2D eigenvalue weighted by atomic mass is 16.5. The summed E-state index contributed by atoms with van der Waals surface area (Å²) in [4.78, 5) is 0. The van der Waals surface area contributed by atoms with Gasteiger partial charge < -0.3 is 14.9 Å². The molecular weight excluding hydrogens is 280 g/mol. The van der Waals surface area contributed by atoms with E-state index in [-0.39, 0.29) is 12.7 Å². The Bertz CT molecular complexity index is 628. The normalized spacial score (nSPS) is 24.9. The van der Waals surface area contributed by atoms with E-state index < -0.39 is 12.2 Å². The molecule has 0 aromatic heterocycles. The maximum Gasteiger partial charge on any atom is 0.107 e. The van der Waals surface area contributed by atoms with Gasteiger partial charge in [0.25, 0.3) is 0 Å². The molecule has 5 nitrogen and oxygen atoms in total. The molecule has 1 fully saturated rings. The summed E-state index contributed by atoms with van der Waals surface area (Å²) in [6.45, 7) is -0.166. The first-order chi connectivity index (χ1) is 10.8. The van der Waals surface area contributed by atoms with Gasteiger partial charge in [0.05, 0.1) is 30.2 Å². The molecule has 2 aromatic rings. The molecule has 1 aliphatic rings. The second-order valence-corrected chi connectivity index (χ2v) is 5.28. The van der Waals surface area contributed by atoms with Gasteiger partial charge in [-0.05, 0) is 29.8 Å². The molecule has 0 amide bonds. The maximum atomic E-state index is 9.77. The second-order valence-electron chi connectivity index (χ2n) is 5.28. The van der Waals surface area contributed by atoms with Crippen molar-refractivity contribution >= 4 is 11.4 Å². The maximum absolute atomic E-state index is 9.77. The van der Waals surface area contributed by atoms with Crippen molar-refractivity contribution in [2.45, 2.75) is 24.7 Å². The van der Waals surface area contributed by atoms with Crippen LogP contribution in [0, 0.1) is 0 Å². The van der Waals surface area contributed by atoms with Crippen LogP contribution in [0.15, 0.2) is 64.8 Å². The number of ether oxygens (including phenoxy) is 1. The third kappa shape index (κ3) is 3.39. The lowest BCUT2D eigenvalue weighted by molar-refractivity contribution is -0.0225. The number of hydrogen-bond donors (Lipinski definition) is 2. The number of nitrogens with zero attached hydrogens (tertiary/aromatic N) is 2. The monoisotopic (exact) mass is 298 g/mol. The number of azo groups is 1. The Morgan fingerprint density at radius 3 is 2.18 bits per heavy atom. The first-order valence-electron chi connectivity index (χ1n) is 7.27. The molecular formula is C17H18N2O3. The first kappa shape index (κ1) is 14.8. The van der Waals surface area contributed by atoms with Crippen molar-refractivity contribution in [3.05, 3.63) is 60.2 Å². The predicted octanol–water partition coefficient (Wildman–Crippen LogP) is 3.29. The van der Waals surface area contributed by atoms with Crippen LogP contribution < -0.4 is 0 Å². The highest BCUT2D eigenvalue weighted by Crippen LogP contribution is 2.33. The fourth-order valence-corrected chi connectivity index (χ4v) is 2.47. The van der Waals surface area contributed by atoms with Gasteiger partial charge in [0, 0.05) is 6.42 Å². The highest BCUT2D eigenvalue weighted by molar-refractivity contribution is 5.41. The van der Waals surface area contributed by atoms with Gasteiger partial charge in [-0.1, -0.05) is 30.3 Å². The molecule has 3 unspecified atom stereocenters. The fourth-order valence-electron chi connectivity index (χ4n) is 2.47. The summed E-state index contributed by atoms with van der Waals surface area (Å²) in [6, 6.07) is 17.1. The molecule has 1 aliphatic heterocycles. The molecule has 0 aliphatic carbocycles. The minimum Gasteiger partial charge on any atom is -0.394 e. The van der Waals surface area contributed by atoms with Crippen molar-refractivity contribution in [1.29, 1.82) is 0 Å². The number of benzene rings is 2. The van der Waals surface area contributed by atoms with E-state index in [9.17, 15) is 5.11 Å².